The zero-order valence-corrected chi connectivity index (χ0v) is 17.7. The van der Waals surface area contributed by atoms with Gasteiger partial charge in [-0.05, 0) is 44.7 Å². The Balaban J connectivity index is 1.79. The molecular weight excluding hydrogens is 356 g/mol. The van der Waals surface area contributed by atoms with E-state index in [0.717, 1.165) is 37.8 Å². The lowest BCUT2D eigenvalue weighted by molar-refractivity contribution is -0.121. The molecule has 1 amide bonds. The van der Waals surface area contributed by atoms with E-state index < -0.39 is 0 Å². The summed E-state index contributed by atoms with van der Waals surface area (Å²) in [6.45, 7) is 9.64. The largest absolute Gasteiger partial charge is 0.357 e. The molecule has 2 N–H and O–H groups in total. The number of aliphatic imine (C=N–C) groups is 1. The highest BCUT2D eigenvalue weighted by Crippen LogP contribution is 2.25. The second-order valence-corrected chi connectivity index (χ2v) is 8.18. The number of amides is 1. The second kappa shape index (κ2) is 11.9. The van der Waals surface area contributed by atoms with Gasteiger partial charge in [0, 0.05) is 42.7 Å². The van der Waals surface area contributed by atoms with Crippen LogP contribution in [-0.2, 0) is 4.79 Å². The van der Waals surface area contributed by atoms with Gasteiger partial charge in [0.25, 0.3) is 0 Å². The Bertz CT molecular complexity index is 593. The predicted octanol–water partition coefficient (Wildman–Crippen LogP) is 3.37. The van der Waals surface area contributed by atoms with Crippen LogP contribution in [0.15, 0.2) is 40.2 Å². The van der Waals surface area contributed by atoms with Crippen molar-refractivity contribution >= 4 is 23.6 Å². The molecule has 1 fully saturated rings. The molecule has 6 heteroatoms. The molecule has 150 valence electrons. The second-order valence-electron chi connectivity index (χ2n) is 7.09. The Morgan fingerprint density at radius 2 is 2.11 bits per heavy atom. The van der Waals surface area contributed by atoms with Gasteiger partial charge in [0.1, 0.15) is 0 Å². The van der Waals surface area contributed by atoms with E-state index in [1.807, 2.05) is 18.7 Å². The summed E-state index contributed by atoms with van der Waals surface area (Å²) in [5.74, 6) is 2.84. The third-order valence-corrected chi connectivity index (χ3v) is 6.01. The van der Waals surface area contributed by atoms with Gasteiger partial charge in [0.2, 0.25) is 5.91 Å². The van der Waals surface area contributed by atoms with Gasteiger partial charge in [-0.15, -0.1) is 11.8 Å². The Labute approximate surface area is 168 Å². The lowest BCUT2D eigenvalue weighted by Gasteiger charge is -2.21. The molecule has 1 aromatic rings. The van der Waals surface area contributed by atoms with Crippen LogP contribution in [-0.4, -0.2) is 54.7 Å². The zero-order valence-electron chi connectivity index (χ0n) is 16.9. The Kier molecular flexibility index (Phi) is 9.53. The SMILES string of the molecule is CCNC(=NCCC(=O)NC(C)CC)N1CCC(CSc2ccccc2)C1. The number of likely N-dealkylation sites (tertiary alicyclic amines) is 1. The maximum absolute atomic E-state index is 11.9. The summed E-state index contributed by atoms with van der Waals surface area (Å²) in [5, 5.41) is 6.38. The first-order chi connectivity index (χ1) is 13.1. The van der Waals surface area contributed by atoms with Crippen molar-refractivity contribution in [2.75, 3.05) is 31.9 Å². The van der Waals surface area contributed by atoms with Gasteiger partial charge >= 0.3 is 0 Å². The molecule has 0 saturated carbocycles. The minimum atomic E-state index is 0.0857. The third-order valence-electron chi connectivity index (χ3n) is 4.77. The van der Waals surface area contributed by atoms with Crippen LogP contribution >= 0.6 is 11.8 Å². The number of rotatable bonds is 9. The van der Waals surface area contributed by atoms with E-state index in [1.54, 1.807) is 0 Å². The first kappa shape index (κ1) is 21.6. The maximum atomic E-state index is 11.9. The number of benzene rings is 1. The number of hydrogen-bond acceptors (Lipinski definition) is 3. The quantitative estimate of drug-likeness (QED) is 0.386. The maximum Gasteiger partial charge on any atom is 0.222 e. The lowest BCUT2D eigenvalue weighted by atomic mass is 10.2. The summed E-state index contributed by atoms with van der Waals surface area (Å²) in [6.07, 6.45) is 2.59. The molecule has 0 spiro atoms. The fourth-order valence-electron chi connectivity index (χ4n) is 3.03. The smallest absolute Gasteiger partial charge is 0.222 e. The van der Waals surface area contributed by atoms with Crippen molar-refractivity contribution in [2.45, 2.75) is 51.0 Å². The van der Waals surface area contributed by atoms with Crippen LogP contribution in [0.5, 0.6) is 0 Å². The molecule has 2 atom stereocenters. The van der Waals surface area contributed by atoms with Gasteiger partial charge in [-0.2, -0.15) is 0 Å². The van der Waals surface area contributed by atoms with E-state index in [9.17, 15) is 4.79 Å². The number of carbonyl (C=O) groups excluding carboxylic acids is 1. The van der Waals surface area contributed by atoms with Gasteiger partial charge in [-0.3, -0.25) is 9.79 Å². The van der Waals surface area contributed by atoms with Crippen LogP contribution in [0.2, 0.25) is 0 Å². The Hall–Kier alpha value is -1.69. The van der Waals surface area contributed by atoms with Crippen molar-refractivity contribution in [1.29, 1.82) is 0 Å². The van der Waals surface area contributed by atoms with Crippen molar-refractivity contribution in [2.24, 2.45) is 10.9 Å². The van der Waals surface area contributed by atoms with Crippen LogP contribution in [0.1, 0.15) is 40.0 Å². The van der Waals surface area contributed by atoms with E-state index in [2.05, 4.69) is 64.7 Å². The molecule has 0 aliphatic carbocycles. The summed E-state index contributed by atoms with van der Waals surface area (Å²) in [5.41, 5.74) is 0. The van der Waals surface area contributed by atoms with Gasteiger partial charge in [0.15, 0.2) is 5.96 Å². The normalized spacial score (nSPS) is 18.4. The standard InChI is InChI=1S/C21H34N4OS/c1-4-17(3)24-20(26)11-13-23-21(22-5-2)25-14-12-18(15-25)16-27-19-9-7-6-8-10-19/h6-10,17-18H,4-5,11-16H2,1-3H3,(H,22,23)(H,24,26). The first-order valence-corrected chi connectivity index (χ1v) is 11.1. The highest BCUT2D eigenvalue weighted by Gasteiger charge is 2.24. The number of carbonyl (C=O) groups is 1. The minimum absolute atomic E-state index is 0.0857. The topological polar surface area (TPSA) is 56.7 Å². The van der Waals surface area contributed by atoms with Crippen LogP contribution in [0.3, 0.4) is 0 Å². The highest BCUT2D eigenvalue weighted by atomic mass is 32.2. The van der Waals surface area contributed by atoms with Crippen molar-refractivity contribution in [3.8, 4) is 0 Å². The van der Waals surface area contributed by atoms with E-state index >= 15 is 0 Å². The average Bonchev–Trinajstić information content (AvgIpc) is 3.15. The van der Waals surface area contributed by atoms with Crippen molar-refractivity contribution < 1.29 is 4.79 Å². The van der Waals surface area contributed by atoms with Gasteiger partial charge in [-0.25, -0.2) is 0 Å². The predicted molar refractivity (Wildman–Crippen MR) is 115 cm³/mol. The Morgan fingerprint density at radius 1 is 1.33 bits per heavy atom. The van der Waals surface area contributed by atoms with E-state index in [1.165, 1.54) is 11.3 Å². The zero-order chi connectivity index (χ0) is 19.5. The molecule has 0 bridgehead atoms. The fourth-order valence-corrected chi connectivity index (χ4v) is 4.08. The molecule has 1 aromatic carbocycles. The monoisotopic (exact) mass is 390 g/mol. The highest BCUT2D eigenvalue weighted by molar-refractivity contribution is 7.99. The first-order valence-electron chi connectivity index (χ1n) is 10.1. The summed E-state index contributed by atoms with van der Waals surface area (Å²) < 4.78 is 0. The summed E-state index contributed by atoms with van der Waals surface area (Å²) in [7, 11) is 0. The van der Waals surface area contributed by atoms with Crippen LogP contribution in [0.4, 0.5) is 0 Å². The molecule has 1 aliphatic rings. The van der Waals surface area contributed by atoms with Crippen molar-refractivity contribution in [3.63, 3.8) is 0 Å². The average molecular weight is 391 g/mol. The molecule has 2 rings (SSSR count). The molecular formula is C21H34N4OS. The number of guanidine groups is 1. The van der Waals surface area contributed by atoms with Gasteiger partial charge < -0.3 is 15.5 Å². The molecule has 27 heavy (non-hydrogen) atoms. The number of thioether (sulfide) groups is 1. The molecule has 0 radical (unpaired) electrons. The summed E-state index contributed by atoms with van der Waals surface area (Å²) >= 11 is 1.93. The molecule has 1 saturated heterocycles. The van der Waals surface area contributed by atoms with E-state index in [0.29, 0.717) is 18.9 Å². The molecule has 1 aliphatic heterocycles. The fraction of sp³-hybridized carbons (Fsp3) is 0.619. The molecule has 0 aromatic heterocycles. The van der Waals surface area contributed by atoms with Gasteiger partial charge in [-0.1, -0.05) is 25.1 Å². The minimum Gasteiger partial charge on any atom is -0.357 e. The van der Waals surface area contributed by atoms with Crippen LogP contribution < -0.4 is 10.6 Å². The lowest BCUT2D eigenvalue weighted by Crippen LogP contribution is -2.40. The van der Waals surface area contributed by atoms with E-state index in [4.69, 9.17) is 0 Å². The van der Waals surface area contributed by atoms with Crippen LogP contribution in [0, 0.1) is 5.92 Å². The third kappa shape index (κ3) is 7.83. The number of nitrogens with zero attached hydrogens (tertiary/aromatic N) is 2. The van der Waals surface area contributed by atoms with Gasteiger partial charge in [0.05, 0.1) is 6.54 Å². The Morgan fingerprint density at radius 3 is 2.81 bits per heavy atom. The van der Waals surface area contributed by atoms with Crippen molar-refractivity contribution in [1.82, 2.24) is 15.5 Å². The molecule has 2 unspecified atom stereocenters. The number of hydrogen-bond donors (Lipinski definition) is 2. The summed E-state index contributed by atoms with van der Waals surface area (Å²) in [6, 6.07) is 10.8. The number of nitrogens with one attached hydrogen (secondary N) is 2. The summed E-state index contributed by atoms with van der Waals surface area (Å²) in [4.78, 5) is 20.3. The van der Waals surface area contributed by atoms with E-state index in [-0.39, 0.29) is 11.9 Å². The van der Waals surface area contributed by atoms with Crippen molar-refractivity contribution in [3.05, 3.63) is 30.3 Å². The molecule has 5 nitrogen and oxygen atoms in total. The molecule has 1 heterocycles. The van der Waals surface area contributed by atoms with Crippen LogP contribution in [0.25, 0.3) is 0 Å².